The second kappa shape index (κ2) is 7.03. The summed E-state index contributed by atoms with van der Waals surface area (Å²) in [5, 5.41) is 1.12. The van der Waals surface area contributed by atoms with E-state index in [1.807, 2.05) is 36.7 Å². The van der Waals surface area contributed by atoms with Gasteiger partial charge in [0.15, 0.2) is 0 Å². The lowest BCUT2D eigenvalue weighted by molar-refractivity contribution is -0.00795. The predicted octanol–water partition coefficient (Wildman–Crippen LogP) is 2.98. The van der Waals surface area contributed by atoms with E-state index in [1.165, 1.54) is 5.56 Å². The Morgan fingerprint density at radius 1 is 1.25 bits per heavy atom. The third kappa shape index (κ3) is 3.42. The first-order chi connectivity index (χ1) is 11.9. The summed E-state index contributed by atoms with van der Waals surface area (Å²) in [5.74, 6) is 0. The minimum Gasteiger partial charge on any atom is -0.377 e. The molecule has 1 saturated heterocycles. The molecule has 4 rings (SSSR count). The van der Waals surface area contributed by atoms with Crippen LogP contribution in [0.3, 0.4) is 0 Å². The number of aromatic amines is 1. The second-order valence-electron chi connectivity index (χ2n) is 6.05. The van der Waals surface area contributed by atoms with Gasteiger partial charge in [-0.25, -0.2) is 4.98 Å². The van der Waals surface area contributed by atoms with Crippen molar-refractivity contribution in [3.8, 4) is 0 Å². The molecule has 0 radical (unpaired) electrons. The van der Waals surface area contributed by atoms with Crippen molar-refractivity contribution in [3.05, 3.63) is 60.4 Å². The summed E-state index contributed by atoms with van der Waals surface area (Å²) in [6.07, 6.45) is 3.88. The van der Waals surface area contributed by atoms with E-state index in [1.54, 1.807) is 0 Å². The third-order valence-electron chi connectivity index (χ3n) is 4.31. The zero-order valence-corrected chi connectivity index (χ0v) is 13.5. The molecular weight excluding hydrogens is 302 g/mol. The molecule has 5 heteroatoms. The molecule has 1 fully saturated rings. The number of pyridine rings is 1. The van der Waals surface area contributed by atoms with E-state index in [0.717, 1.165) is 29.8 Å². The summed E-state index contributed by atoms with van der Waals surface area (Å²) < 4.78 is 11.8. The summed E-state index contributed by atoms with van der Waals surface area (Å²) >= 11 is 0. The topological polar surface area (TPSA) is 50.4 Å². The number of ether oxygens (including phenoxy) is 2. The largest absolute Gasteiger partial charge is 0.377 e. The van der Waals surface area contributed by atoms with Crippen LogP contribution in [-0.2, 0) is 16.1 Å². The first kappa shape index (κ1) is 15.2. The fourth-order valence-electron chi connectivity index (χ4n) is 3.00. The quantitative estimate of drug-likeness (QED) is 0.802. The summed E-state index contributed by atoms with van der Waals surface area (Å²) in [5.41, 5.74) is 3.21. The highest BCUT2D eigenvalue weighted by Gasteiger charge is 2.20. The number of aromatic nitrogens is 2. The van der Waals surface area contributed by atoms with Crippen molar-refractivity contribution in [2.24, 2.45) is 0 Å². The Morgan fingerprint density at radius 2 is 2.17 bits per heavy atom. The lowest BCUT2D eigenvalue weighted by Gasteiger charge is -2.25. The molecule has 1 atom stereocenters. The Morgan fingerprint density at radius 3 is 3.08 bits per heavy atom. The molecule has 1 aliphatic heterocycles. The molecule has 0 saturated carbocycles. The second-order valence-corrected chi connectivity index (χ2v) is 6.05. The van der Waals surface area contributed by atoms with Crippen LogP contribution < -0.4 is 4.90 Å². The van der Waals surface area contributed by atoms with E-state index in [4.69, 9.17) is 9.47 Å². The maximum Gasteiger partial charge on any atom is 0.137 e. The van der Waals surface area contributed by atoms with Gasteiger partial charge in [0, 0.05) is 24.7 Å². The van der Waals surface area contributed by atoms with Crippen molar-refractivity contribution in [3.63, 3.8) is 0 Å². The molecule has 1 unspecified atom stereocenters. The zero-order chi connectivity index (χ0) is 16.2. The molecule has 0 spiro atoms. The number of H-pyrrole nitrogens is 1. The maximum absolute atomic E-state index is 6.08. The van der Waals surface area contributed by atoms with E-state index in [-0.39, 0.29) is 6.10 Å². The number of hydrogen-bond acceptors (Lipinski definition) is 4. The SMILES string of the molecule is c1ccc(COC2COCCN(c3cnc4[nH]ccc4c3)C2)cc1. The Labute approximate surface area is 141 Å². The molecule has 3 heterocycles. The van der Waals surface area contributed by atoms with Gasteiger partial charge in [-0.3, -0.25) is 0 Å². The molecule has 0 aliphatic carbocycles. The number of benzene rings is 1. The number of rotatable bonds is 4. The van der Waals surface area contributed by atoms with Crippen LogP contribution in [0.25, 0.3) is 11.0 Å². The Bertz CT molecular complexity index is 787. The molecule has 3 aromatic rings. The molecule has 1 N–H and O–H groups in total. The number of nitrogens with zero attached hydrogens (tertiary/aromatic N) is 2. The van der Waals surface area contributed by atoms with Crippen LogP contribution in [0.2, 0.25) is 0 Å². The van der Waals surface area contributed by atoms with Crippen molar-refractivity contribution < 1.29 is 9.47 Å². The van der Waals surface area contributed by atoms with Crippen molar-refractivity contribution in [1.82, 2.24) is 9.97 Å². The van der Waals surface area contributed by atoms with Gasteiger partial charge in [-0.15, -0.1) is 0 Å². The minimum atomic E-state index is 0.0506. The van der Waals surface area contributed by atoms with Gasteiger partial charge in [-0.1, -0.05) is 30.3 Å². The van der Waals surface area contributed by atoms with Crippen LogP contribution in [0.4, 0.5) is 5.69 Å². The lowest BCUT2D eigenvalue weighted by Crippen LogP contribution is -2.34. The number of nitrogens with one attached hydrogen (secondary N) is 1. The number of anilines is 1. The van der Waals surface area contributed by atoms with Gasteiger partial charge in [0.2, 0.25) is 0 Å². The summed E-state index contributed by atoms with van der Waals surface area (Å²) in [4.78, 5) is 9.91. The number of hydrogen-bond donors (Lipinski definition) is 1. The molecule has 2 aromatic heterocycles. The third-order valence-corrected chi connectivity index (χ3v) is 4.31. The van der Waals surface area contributed by atoms with Gasteiger partial charge in [0.25, 0.3) is 0 Å². The normalized spacial score (nSPS) is 18.7. The van der Waals surface area contributed by atoms with Crippen LogP contribution >= 0.6 is 0 Å². The summed E-state index contributed by atoms with van der Waals surface area (Å²) in [6, 6.07) is 14.5. The van der Waals surface area contributed by atoms with Crippen molar-refractivity contribution in [1.29, 1.82) is 0 Å². The van der Waals surface area contributed by atoms with Crippen LogP contribution in [0.1, 0.15) is 5.56 Å². The van der Waals surface area contributed by atoms with Gasteiger partial charge >= 0.3 is 0 Å². The average Bonchev–Trinajstić information content (AvgIpc) is 2.97. The molecule has 1 aromatic carbocycles. The molecular formula is C19H21N3O2. The minimum absolute atomic E-state index is 0.0506. The molecule has 1 aliphatic rings. The first-order valence-electron chi connectivity index (χ1n) is 8.30. The molecule has 0 bridgehead atoms. The van der Waals surface area contributed by atoms with E-state index >= 15 is 0 Å². The highest BCUT2D eigenvalue weighted by atomic mass is 16.5. The Kier molecular flexibility index (Phi) is 4.44. The fourth-order valence-corrected chi connectivity index (χ4v) is 3.00. The van der Waals surface area contributed by atoms with Crippen LogP contribution in [0, 0.1) is 0 Å². The van der Waals surface area contributed by atoms with Crippen molar-refractivity contribution in [2.75, 3.05) is 31.2 Å². The van der Waals surface area contributed by atoms with E-state index in [0.29, 0.717) is 19.8 Å². The zero-order valence-electron chi connectivity index (χ0n) is 13.5. The molecule has 5 nitrogen and oxygen atoms in total. The Hall–Kier alpha value is -2.37. The van der Waals surface area contributed by atoms with Crippen LogP contribution in [0.15, 0.2) is 54.9 Å². The van der Waals surface area contributed by atoms with E-state index in [2.05, 4.69) is 33.1 Å². The molecule has 0 amide bonds. The number of fused-ring (bicyclic) bond motifs is 1. The van der Waals surface area contributed by atoms with E-state index < -0.39 is 0 Å². The van der Waals surface area contributed by atoms with Gasteiger partial charge in [-0.2, -0.15) is 0 Å². The van der Waals surface area contributed by atoms with Gasteiger partial charge < -0.3 is 19.4 Å². The van der Waals surface area contributed by atoms with Crippen LogP contribution in [0.5, 0.6) is 0 Å². The smallest absolute Gasteiger partial charge is 0.137 e. The summed E-state index contributed by atoms with van der Waals surface area (Å²) in [7, 11) is 0. The standard InChI is InChI=1S/C19H21N3O2/c1-2-4-15(5-3-1)13-24-18-12-22(8-9-23-14-18)17-10-16-6-7-20-19(16)21-11-17/h1-7,10-11,18H,8-9,12-14H2,(H,20,21). The van der Waals surface area contributed by atoms with Gasteiger partial charge in [0.1, 0.15) is 5.65 Å². The first-order valence-corrected chi connectivity index (χ1v) is 8.30. The highest BCUT2D eigenvalue weighted by molar-refractivity contribution is 5.79. The lowest BCUT2D eigenvalue weighted by atomic mass is 10.2. The summed E-state index contributed by atoms with van der Waals surface area (Å²) in [6.45, 7) is 3.60. The fraction of sp³-hybridized carbons (Fsp3) is 0.316. The maximum atomic E-state index is 6.08. The van der Waals surface area contributed by atoms with Crippen molar-refractivity contribution in [2.45, 2.75) is 12.7 Å². The highest BCUT2D eigenvalue weighted by Crippen LogP contribution is 2.21. The monoisotopic (exact) mass is 323 g/mol. The molecule has 124 valence electrons. The average molecular weight is 323 g/mol. The Balaban J connectivity index is 1.45. The van der Waals surface area contributed by atoms with Crippen molar-refractivity contribution >= 4 is 16.7 Å². The van der Waals surface area contributed by atoms with E-state index in [9.17, 15) is 0 Å². The van der Waals surface area contributed by atoms with Gasteiger partial charge in [0.05, 0.1) is 37.8 Å². The van der Waals surface area contributed by atoms with Gasteiger partial charge in [-0.05, 0) is 17.7 Å². The predicted molar refractivity (Wildman–Crippen MR) is 94.1 cm³/mol. The van der Waals surface area contributed by atoms with Crippen LogP contribution in [-0.4, -0.2) is 42.4 Å². The molecule has 24 heavy (non-hydrogen) atoms.